The van der Waals surface area contributed by atoms with Gasteiger partial charge in [-0.3, -0.25) is 0 Å². The maximum atomic E-state index is 4.19. The highest BCUT2D eigenvalue weighted by atomic mass is 28.4. The first kappa shape index (κ1) is 18.4. The van der Waals surface area contributed by atoms with Crippen LogP contribution in [0.15, 0.2) is 53.3 Å². The number of allylic oxidation sites excluding steroid dienone is 4. The first-order valence-corrected chi connectivity index (χ1v) is 14.8. The van der Waals surface area contributed by atoms with Crippen molar-refractivity contribution in [3.63, 3.8) is 0 Å². The fourth-order valence-electron chi connectivity index (χ4n) is 3.66. The van der Waals surface area contributed by atoms with Gasteiger partial charge in [0.1, 0.15) is 8.24 Å². The quantitative estimate of drug-likeness (QED) is 0.731. The van der Waals surface area contributed by atoms with Crippen LogP contribution in [0.2, 0.25) is 26.2 Å². The van der Waals surface area contributed by atoms with Gasteiger partial charge in [-0.15, -0.1) is 0 Å². The molecule has 1 unspecified atom stereocenters. The van der Waals surface area contributed by atoms with Gasteiger partial charge in [0.15, 0.2) is 8.24 Å². The van der Waals surface area contributed by atoms with Crippen molar-refractivity contribution in [2.24, 2.45) is 5.41 Å². The van der Waals surface area contributed by atoms with E-state index in [1.165, 1.54) is 11.6 Å². The standard InChI is InChI=1S/C20H33NSi2/c1-20(2,3)16-17-12-11-15-19(17)23(7,21-22(4,5)6)18-13-9-8-10-14-18/h8-14,21H,15-16H2,1-7H3. The molecule has 1 aliphatic carbocycles. The Morgan fingerprint density at radius 3 is 2.13 bits per heavy atom. The molecule has 2 rings (SSSR count). The van der Waals surface area contributed by atoms with Gasteiger partial charge in [0.25, 0.3) is 0 Å². The molecule has 0 amide bonds. The molecule has 3 heteroatoms. The highest BCUT2D eigenvalue weighted by molar-refractivity contribution is 7.02. The van der Waals surface area contributed by atoms with Gasteiger partial charge in [0, 0.05) is 0 Å². The molecule has 0 radical (unpaired) electrons. The van der Waals surface area contributed by atoms with Crippen LogP contribution in [-0.2, 0) is 0 Å². The summed E-state index contributed by atoms with van der Waals surface area (Å²) in [5, 5.41) is 3.22. The molecule has 126 valence electrons. The van der Waals surface area contributed by atoms with E-state index in [2.05, 4.69) is 94.1 Å². The van der Waals surface area contributed by atoms with Gasteiger partial charge in [-0.2, -0.15) is 0 Å². The highest BCUT2D eigenvalue weighted by Crippen LogP contribution is 2.35. The normalized spacial score (nSPS) is 18.4. The largest absolute Gasteiger partial charge is 0.353 e. The Bertz CT molecular complexity index is 603. The zero-order valence-electron chi connectivity index (χ0n) is 16.0. The number of rotatable bonds is 5. The zero-order chi connectivity index (χ0) is 17.3. The molecule has 0 bridgehead atoms. The van der Waals surface area contributed by atoms with E-state index >= 15 is 0 Å². The topological polar surface area (TPSA) is 12.0 Å². The van der Waals surface area contributed by atoms with Crippen LogP contribution in [0.3, 0.4) is 0 Å². The molecule has 0 aromatic heterocycles. The van der Waals surface area contributed by atoms with Crippen molar-refractivity contribution in [1.29, 1.82) is 0 Å². The van der Waals surface area contributed by atoms with Crippen LogP contribution in [0, 0.1) is 5.41 Å². The predicted octanol–water partition coefficient (Wildman–Crippen LogP) is 5.13. The van der Waals surface area contributed by atoms with Gasteiger partial charge in [-0.25, -0.2) is 0 Å². The first-order chi connectivity index (χ1) is 10.5. The smallest absolute Gasteiger partial charge is 0.176 e. The second-order valence-electron chi connectivity index (χ2n) is 9.21. The Hall–Kier alpha value is -0.906. The van der Waals surface area contributed by atoms with E-state index in [4.69, 9.17) is 0 Å². The predicted molar refractivity (Wildman–Crippen MR) is 109 cm³/mol. The lowest BCUT2D eigenvalue weighted by Gasteiger charge is -2.38. The van der Waals surface area contributed by atoms with Gasteiger partial charge in [-0.1, -0.05) is 93.7 Å². The molecule has 1 nitrogen and oxygen atoms in total. The lowest BCUT2D eigenvalue weighted by atomic mass is 9.88. The van der Waals surface area contributed by atoms with Gasteiger partial charge < -0.3 is 4.65 Å². The van der Waals surface area contributed by atoms with Crippen LogP contribution in [0.4, 0.5) is 0 Å². The minimum Gasteiger partial charge on any atom is -0.353 e. The van der Waals surface area contributed by atoms with Crippen molar-refractivity contribution in [2.75, 3.05) is 0 Å². The van der Waals surface area contributed by atoms with Crippen LogP contribution >= 0.6 is 0 Å². The summed E-state index contributed by atoms with van der Waals surface area (Å²) < 4.78 is 4.19. The van der Waals surface area contributed by atoms with Crippen molar-refractivity contribution in [2.45, 2.75) is 59.8 Å². The minimum absolute atomic E-state index is 0.334. The Kier molecular flexibility index (Phi) is 5.24. The second-order valence-corrected chi connectivity index (χ2v) is 18.1. The fourth-order valence-corrected chi connectivity index (χ4v) is 13.4. The van der Waals surface area contributed by atoms with E-state index in [0.717, 1.165) is 6.42 Å². The monoisotopic (exact) mass is 343 g/mol. The van der Waals surface area contributed by atoms with Gasteiger partial charge in [-0.05, 0) is 30.0 Å². The maximum Gasteiger partial charge on any atom is 0.176 e. The van der Waals surface area contributed by atoms with Crippen molar-refractivity contribution < 1.29 is 0 Å². The lowest BCUT2D eigenvalue weighted by Crippen LogP contribution is -2.67. The Balaban J connectivity index is 2.52. The molecule has 0 aliphatic heterocycles. The first-order valence-electron chi connectivity index (χ1n) is 8.75. The molecule has 0 heterocycles. The molecule has 0 saturated carbocycles. The van der Waals surface area contributed by atoms with Crippen molar-refractivity contribution in [3.8, 4) is 0 Å². The summed E-state index contributed by atoms with van der Waals surface area (Å²) in [6.45, 7) is 16.8. The highest BCUT2D eigenvalue weighted by Gasteiger charge is 2.39. The van der Waals surface area contributed by atoms with Crippen molar-refractivity contribution >= 4 is 21.7 Å². The van der Waals surface area contributed by atoms with Gasteiger partial charge in [0.2, 0.25) is 0 Å². The van der Waals surface area contributed by atoms with E-state index < -0.39 is 16.5 Å². The molecular formula is C20H33NSi2. The van der Waals surface area contributed by atoms with Crippen LogP contribution in [0.1, 0.15) is 33.6 Å². The van der Waals surface area contributed by atoms with Gasteiger partial charge in [0.05, 0.1) is 0 Å². The Morgan fingerprint density at radius 1 is 1.00 bits per heavy atom. The second kappa shape index (κ2) is 6.54. The molecule has 1 aromatic rings. The molecule has 1 atom stereocenters. The molecule has 1 N–H and O–H groups in total. The Morgan fingerprint density at radius 2 is 1.61 bits per heavy atom. The van der Waals surface area contributed by atoms with E-state index in [-0.39, 0.29) is 0 Å². The van der Waals surface area contributed by atoms with E-state index in [1.54, 1.807) is 10.8 Å². The number of hydrogen-bond acceptors (Lipinski definition) is 1. The Labute approximate surface area is 145 Å². The molecule has 0 fully saturated rings. The SMILES string of the molecule is CC(C)(C)CC1=C([Si](C)(N[Si](C)(C)C)c2ccccc2)CC=C1. The summed E-state index contributed by atoms with van der Waals surface area (Å²) in [6.07, 6.45) is 7.05. The fraction of sp³-hybridized carbons (Fsp3) is 0.500. The number of nitrogens with one attached hydrogen (secondary N) is 1. The summed E-state index contributed by atoms with van der Waals surface area (Å²) in [5.74, 6) is 0. The molecular weight excluding hydrogens is 310 g/mol. The average molecular weight is 344 g/mol. The van der Waals surface area contributed by atoms with Crippen molar-refractivity contribution in [1.82, 2.24) is 4.65 Å². The van der Waals surface area contributed by atoms with Crippen LogP contribution in [-0.4, -0.2) is 16.5 Å². The third-order valence-electron chi connectivity index (χ3n) is 4.33. The number of hydrogen-bond donors (Lipinski definition) is 1. The van der Waals surface area contributed by atoms with Gasteiger partial charge >= 0.3 is 0 Å². The van der Waals surface area contributed by atoms with Crippen LogP contribution < -0.4 is 9.83 Å². The van der Waals surface area contributed by atoms with Crippen LogP contribution in [0.25, 0.3) is 0 Å². The molecule has 1 aliphatic rings. The molecule has 23 heavy (non-hydrogen) atoms. The maximum absolute atomic E-state index is 4.19. The summed E-state index contributed by atoms with van der Waals surface area (Å²) >= 11 is 0. The summed E-state index contributed by atoms with van der Waals surface area (Å²) in [4.78, 5) is 0. The summed E-state index contributed by atoms with van der Waals surface area (Å²) in [7, 11) is -3.24. The average Bonchev–Trinajstić information content (AvgIpc) is 2.84. The lowest BCUT2D eigenvalue weighted by molar-refractivity contribution is 0.413. The molecule has 1 aromatic carbocycles. The third kappa shape index (κ3) is 4.78. The molecule has 0 spiro atoms. The zero-order valence-corrected chi connectivity index (χ0v) is 18.0. The van der Waals surface area contributed by atoms with E-state index in [9.17, 15) is 0 Å². The van der Waals surface area contributed by atoms with Crippen LogP contribution in [0.5, 0.6) is 0 Å². The summed E-state index contributed by atoms with van der Waals surface area (Å²) in [5.41, 5.74) is 1.92. The van der Waals surface area contributed by atoms with Crippen molar-refractivity contribution in [3.05, 3.63) is 53.3 Å². The van der Waals surface area contributed by atoms with E-state index in [0.29, 0.717) is 5.41 Å². The molecule has 0 saturated heterocycles. The minimum atomic E-state index is -1.86. The summed E-state index contributed by atoms with van der Waals surface area (Å²) in [6, 6.07) is 11.2. The number of benzene rings is 1. The third-order valence-corrected chi connectivity index (χ3v) is 12.5. The van der Waals surface area contributed by atoms with E-state index in [1.807, 2.05) is 0 Å².